The van der Waals surface area contributed by atoms with Gasteiger partial charge in [0.15, 0.2) is 0 Å². The molecule has 88 valence electrons. The normalized spacial score (nSPS) is 19.3. The Bertz CT molecular complexity index is 363. The summed E-state index contributed by atoms with van der Waals surface area (Å²) in [6, 6.07) is 6.07. The van der Waals surface area contributed by atoms with Crippen LogP contribution in [0.3, 0.4) is 0 Å². The molecule has 1 atom stereocenters. The van der Waals surface area contributed by atoms with E-state index in [9.17, 15) is 5.11 Å². The molecule has 1 aromatic rings. The first-order valence-electron chi connectivity index (χ1n) is 5.95. The summed E-state index contributed by atoms with van der Waals surface area (Å²) in [7, 11) is 0. The van der Waals surface area contributed by atoms with Crippen molar-refractivity contribution in [3.05, 3.63) is 23.8 Å². The number of benzene rings is 1. The first-order valence-corrected chi connectivity index (χ1v) is 5.95. The molecule has 0 saturated heterocycles. The molecule has 16 heavy (non-hydrogen) atoms. The summed E-state index contributed by atoms with van der Waals surface area (Å²) >= 11 is 0. The topological polar surface area (TPSA) is 44.3 Å². The third-order valence-electron chi connectivity index (χ3n) is 2.96. The van der Waals surface area contributed by atoms with E-state index >= 15 is 0 Å². The average Bonchev–Trinajstić information content (AvgIpc) is 2.27. The molecule has 0 bridgehead atoms. The van der Waals surface area contributed by atoms with Crippen molar-refractivity contribution in [2.45, 2.75) is 26.3 Å². The van der Waals surface area contributed by atoms with E-state index in [1.165, 1.54) is 0 Å². The number of anilines is 1. The Morgan fingerprint density at radius 3 is 3.06 bits per heavy atom. The third kappa shape index (κ3) is 2.47. The lowest BCUT2D eigenvalue weighted by molar-refractivity contribution is 0.439. The molecular formula is C13H20N2O. The van der Waals surface area contributed by atoms with Gasteiger partial charge in [0, 0.05) is 23.8 Å². The summed E-state index contributed by atoms with van der Waals surface area (Å²) in [4.78, 5) is 0. The fourth-order valence-electron chi connectivity index (χ4n) is 2.05. The van der Waals surface area contributed by atoms with Crippen LogP contribution in [0.1, 0.15) is 19.4 Å². The molecule has 1 aromatic carbocycles. The van der Waals surface area contributed by atoms with Gasteiger partial charge in [0.05, 0.1) is 0 Å². The van der Waals surface area contributed by atoms with Crippen LogP contribution in [0.25, 0.3) is 0 Å². The van der Waals surface area contributed by atoms with Crippen LogP contribution in [-0.4, -0.2) is 24.2 Å². The average molecular weight is 220 g/mol. The Morgan fingerprint density at radius 1 is 1.50 bits per heavy atom. The van der Waals surface area contributed by atoms with Gasteiger partial charge in [-0.05, 0) is 31.0 Å². The number of aromatic hydroxyl groups is 1. The maximum atomic E-state index is 9.78. The second-order valence-electron chi connectivity index (χ2n) is 4.89. The van der Waals surface area contributed by atoms with E-state index in [2.05, 4.69) is 24.5 Å². The minimum atomic E-state index is 0.404. The molecule has 2 rings (SSSR count). The lowest BCUT2D eigenvalue weighted by Gasteiger charge is -2.28. The molecule has 1 unspecified atom stereocenters. The summed E-state index contributed by atoms with van der Waals surface area (Å²) in [6.45, 7) is 6.36. The third-order valence-corrected chi connectivity index (χ3v) is 2.96. The number of phenols is 1. The van der Waals surface area contributed by atoms with Gasteiger partial charge in [-0.3, -0.25) is 0 Å². The Morgan fingerprint density at radius 2 is 2.31 bits per heavy atom. The SMILES string of the molecule is CC(C)CNC1CNc2cccc(O)c2C1. The zero-order valence-electron chi connectivity index (χ0n) is 9.96. The molecule has 0 aliphatic carbocycles. The van der Waals surface area contributed by atoms with Crippen LogP contribution in [0.4, 0.5) is 5.69 Å². The number of hydrogen-bond donors (Lipinski definition) is 3. The number of rotatable bonds is 3. The second-order valence-corrected chi connectivity index (χ2v) is 4.89. The highest BCUT2D eigenvalue weighted by Crippen LogP contribution is 2.29. The number of fused-ring (bicyclic) bond motifs is 1. The summed E-state index contributed by atoms with van der Waals surface area (Å²) in [5, 5.41) is 16.7. The number of hydrogen-bond acceptors (Lipinski definition) is 3. The molecule has 0 fully saturated rings. The Hall–Kier alpha value is -1.22. The minimum Gasteiger partial charge on any atom is -0.508 e. The van der Waals surface area contributed by atoms with Gasteiger partial charge in [-0.15, -0.1) is 0 Å². The standard InChI is InChI=1S/C13H20N2O/c1-9(2)7-14-10-6-11-12(15-8-10)4-3-5-13(11)16/h3-5,9-10,14-16H,6-8H2,1-2H3. The van der Waals surface area contributed by atoms with Gasteiger partial charge < -0.3 is 15.7 Å². The Balaban J connectivity index is 2.03. The van der Waals surface area contributed by atoms with E-state index in [1.54, 1.807) is 6.07 Å². The van der Waals surface area contributed by atoms with Crippen LogP contribution in [-0.2, 0) is 6.42 Å². The minimum absolute atomic E-state index is 0.404. The Kier molecular flexibility index (Phi) is 3.34. The van der Waals surface area contributed by atoms with E-state index in [0.29, 0.717) is 17.7 Å². The molecule has 0 saturated carbocycles. The van der Waals surface area contributed by atoms with Gasteiger partial charge in [-0.2, -0.15) is 0 Å². The van der Waals surface area contributed by atoms with Gasteiger partial charge in [-0.25, -0.2) is 0 Å². The number of nitrogens with one attached hydrogen (secondary N) is 2. The molecule has 0 aromatic heterocycles. The summed E-state index contributed by atoms with van der Waals surface area (Å²) in [5.41, 5.74) is 2.11. The molecule has 3 heteroatoms. The summed E-state index contributed by atoms with van der Waals surface area (Å²) < 4.78 is 0. The number of phenolic OH excluding ortho intramolecular Hbond substituents is 1. The Labute approximate surface area is 96.9 Å². The van der Waals surface area contributed by atoms with E-state index in [-0.39, 0.29) is 0 Å². The predicted molar refractivity (Wildman–Crippen MR) is 66.9 cm³/mol. The van der Waals surface area contributed by atoms with Crippen LogP contribution in [0.15, 0.2) is 18.2 Å². The van der Waals surface area contributed by atoms with Crippen molar-refractivity contribution in [1.29, 1.82) is 0 Å². The van der Waals surface area contributed by atoms with Crippen molar-refractivity contribution in [2.75, 3.05) is 18.4 Å². The summed E-state index contributed by atoms with van der Waals surface area (Å²) in [6.07, 6.45) is 0.904. The summed E-state index contributed by atoms with van der Waals surface area (Å²) in [5.74, 6) is 1.06. The second kappa shape index (κ2) is 4.74. The van der Waals surface area contributed by atoms with Gasteiger partial charge in [0.25, 0.3) is 0 Å². The van der Waals surface area contributed by atoms with Crippen LogP contribution in [0.2, 0.25) is 0 Å². The fraction of sp³-hybridized carbons (Fsp3) is 0.538. The fourth-order valence-corrected chi connectivity index (χ4v) is 2.05. The first kappa shape index (κ1) is 11.3. The van der Waals surface area contributed by atoms with Gasteiger partial charge in [-0.1, -0.05) is 19.9 Å². The highest BCUT2D eigenvalue weighted by molar-refractivity contribution is 5.59. The predicted octanol–water partition coefficient (Wildman–Crippen LogP) is 1.97. The molecule has 1 heterocycles. The monoisotopic (exact) mass is 220 g/mol. The van der Waals surface area contributed by atoms with Crippen molar-refractivity contribution in [2.24, 2.45) is 5.92 Å². The van der Waals surface area contributed by atoms with Crippen molar-refractivity contribution < 1.29 is 5.11 Å². The lowest BCUT2D eigenvalue weighted by atomic mass is 9.98. The van der Waals surface area contributed by atoms with E-state index in [1.807, 2.05) is 12.1 Å². The van der Waals surface area contributed by atoms with Crippen molar-refractivity contribution >= 4 is 5.69 Å². The van der Waals surface area contributed by atoms with E-state index in [4.69, 9.17) is 0 Å². The smallest absolute Gasteiger partial charge is 0.120 e. The lowest BCUT2D eigenvalue weighted by Crippen LogP contribution is -2.41. The van der Waals surface area contributed by atoms with Crippen LogP contribution < -0.4 is 10.6 Å². The van der Waals surface area contributed by atoms with Gasteiger partial charge in [0.1, 0.15) is 5.75 Å². The van der Waals surface area contributed by atoms with Crippen LogP contribution in [0, 0.1) is 5.92 Å². The largest absolute Gasteiger partial charge is 0.508 e. The van der Waals surface area contributed by atoms with Crippen molar-refractivity contribution in [3.8, 4) is 5.75 Å². The maximum absolute atomic E-state index is 9.78. The molecule has 1 aliphatic heterocycles. The van der Waals surface area contributed by atoms with E-state index in [0.717, 1.165) is 30.8 Å². The molecule has 0 spiro atoms. The molecule has 3 nitrogen and oxygen atoms in total. The zero-order chi connectivity index (χ0) is 11.5. The molecule has 3 N–H and O–H groups in total. The van der Waals surface area contributed by atoms with Crippen molar-refractivity contribution in [3.63, 3.8) is 0 Å². The van der Waals surface area contributed by atoms with Gasteiger partial charge >= 0.3 is 0 Å². The molecule has 1 aliphatic rings. The molecule has 0 amide bonds. The zero-order valence-corrected chi connectivity index (χ0v) is 9.96. The quantitative estimate of drug-likeness (QED) is 0.729. The maximum Gasteiger partial charge on any atom is 0.120 e. The molecule has 0 radical (unpaired) electrons. The van der Waals surface area contributed by atoms with E-state index < -0.39 is 0 Å². The molecular weight excluding hydrogens is 200 g/mol. The highest BCUT2D eigenvalue weighted by Gasteiger charge is 2.19. The highest BCUT2D eigenvalue weighted by atomic mass is 16.3. The van der Waals surface area contributed by atoms with Gasteiger partial charge in [0.2, 0.25) is 0 Å². The first-order chi connectivity index (χ1) is 7.66. The van der Waals surface area contributed by atoms with Crippen molar-refractivity contribution in [1.82, 2.24) is 5.32 Å². The van der Waals surface area contributed by atoms with Crippen LogP contribution >= 0.6 is 0 Å². The van der Waals surface area contributed by atoms with Crippen LogP contribution in [0.5, 0.6) is 5.75 Å².